The van der Waals surface area contributed by atoms with Gasteiger partial charge in [0.05, 0.1) is 11.8 Å². The lowest BCUT2D eigenvalue weighted by atomic mass is 10.1. The number of rotatable bonds is 5. The number of nitrogens with zero attached hydrogens (tertiary/aromatic N) is 1. The first kappa shape index (κ1) is 15.9. The highest BCUT2D eigenvalue weighted by Crippen LogP contribution is 2.17. The number of hydrogen-bond acceptors (Lipinski definition) is 3. The molecule has 5 nitrogen and oxygen atoms in total. The standard InChI is InChI=1S/C18H16FN3O2/c19-14-8-6-13(7-9-14)17(23)11-20-18(24)16-10-15(21-22-16)12-4-2-1-3-5-12/h1-10,17,23H,11H2,(H,20,24)(H,21,22). The number of hydrogen-bond donors (Lipinski definition) is 3. The molecule has 1 atom stereocenters. The van der Waals surface area contributed by atoms with Crippen LogP contribution in [0, 0.1) is 5.82 Å². The fraction of sp³-hybridized carbons (Fsp3) is 0.111. The van der Waals surface area contributed by atoms with Gasteiger partial charge in [-0.2, -0.15) is 5.10 Å². The van der Waals surface area contributed by atoms with Crippen LogP contribution in [-0.2, 0) is 0 Å². The molecule has 24 heavy (non-hydrogen) atoms. The van der Waals surface area contributed by atoms with Crippen molar-refractivity contribution in [1.29, 1.82) is 0 Å². The van der Waals surface area contributed by atoms with Crippen molar-refractivity contribution >= 4 is 5.91 Å². The topological polar surface area (TPSA) is 78.0 Å². The zero-order chi connectivity index (χ0) is 16.9. The Kier molecular flexibility index (Phi) is 4.67. The van der Waals surface area contributed by atoms with Gasteiger partial charge in [-0.1, -0.05) is 42.5 Å². The monoisotopic (exact) mass is 325 g/mol. The number of aliphatic hydroxyl groups is 1. The predicted molar refractivity (Wildman–Crippen MR) is 87.7 cm³/mol. The van der Waals surface area contributed by atoms with Crippen LogP contribution in [0.1, 0.15) is 22.2 Å². The van der Waals surface area contributed by atoms with E-state index in [1.807, 2.05) is 30.3 Å². The maximum Gasteiger partial charge on any atom is 0.269 e. The molecule has 122 valence electrons. The van der Waals surface area contributed by atoms with Crippen LogP contribution >= 0.6 is 0 Å². The molecule has 2 aromatic carbocycles. The highest BCUT2D eigenvalue weighted by molar-refractivity contribution is 5.93. The van der Waals surface area contributed by atoms with E-state index in [9.17, 15) is 14.3 Å². The van der Waals surface area contributed by atoms with E-state index in [4.69, 9.17) is 0 Å². The zero-order valence-electron chi connectivity index (χ0n) is 12.7. The Morgan fingerprint density at radius 1 is 1.17 bits per heavy atom. The van der Waals surface area contributed by atoms with E-state index in [1.54, 1.807) is 6.07 Å². The van der Waals surface area contributed by atoms with E-state index in [0.717, 1.165) is 5.56 Å². The number of benzene rings is 2. The molecule has 1 unspecified atom stereocenters. The molecule has 0 radical (unpaired) electrons. The molecule has 0 aliphatic carbocycles. The maximum atomic E-state index is 12.9. The fourth-order valence-electron chi connectivity index (χ4n) is 2.28. The number of H-pyrrole nitrogens is 1. The van der Waals surface area contributed by atoms with E-state index >= 15 is 0 Å². The minimum absolute atomic E-state index is 0.0180. The van der Waals surface area contributed by atoms with E-state index in [2.05, 4.69) is 15.5 Å². The number of halogens is 1. The van der Waals surface area contributed by atoms with Crippen LogP contribution in [0.15, 0.2) is 60.7 Å². The number of carbonyl (C=O) groups is 1. The van der Waals surface area contributed by atoms with Gasteiger partial charge in [-0.05, 0) is 23.8 Å². The van der Waals surface area contributed by atoms with Crippen molar-refractivity contribution in [1.82, 2.24) is 15.5 Å². The van der Waals surface area contributed by atoms with Gasteiger partial charge in [0.15, 0.2) is 0 Å². The van der Waals surface area contributed by atoms with Crippen LogP contribution in [0.5, 0.6) is 0 Å². The molecule has 3 N–H and O–H groups in total. The van der Waals surface area contributed by atoms with E-state index < -0.39 is 6.10 Å². The van der Waals surface area contributed by atoms with Crippen LogP contribution in [-0.4, -0.2) is 27.8 Å². The van der Waals surface area contributed by atoms with Crippen molar-refractivity contribution in [3.05, 3.63) is 77.7 Å². The third-order valence-electron chi connectivity index (χ3n) is 3.60. The van der Waals surface area contributed by atoms with Gasteiger partial charge < -0.3 is 10.4 Å². The highest BCUT2D eigenvalue weighted by atomic mass is 19.1. The van der Waals surface area contributed by atoms with Gasteiger partial charge in [0, 0.05) is 12.1 Å². The zero-order valence-corrected chi connectivity index (χ0v) is 12.7. The second-order valence-corrected chi connectivity index (χ2v) is 5.31. The summed E-state index contributed by atoms with van der Waals surface area (Å²) in [6.07, 6.45) is -0.911. The summed E-state index contributed by atoms with van der Waals surface area (Å²) in [5, 5.41) is 19.4. The smallest absolute Gasteiger partial charge is 0.269 e. The van der Waals surface area contributed by atoms with Gasteiger partial charge in [0.2, 0.25) is 0 Å². The Bertz CT molecular complexity index is 816. The third-order valence-corrected chi connectivity index (χ3v) is 3.60. The maximum absolute atomic E-state index is 12.9. The molecular weight excluding hydrogens is 309 g/mol. The van der Waals surface area contributed by atoms with Crippen molar-refractivity contribution in [3.8, 4) is 11.3 Å². The van der Waals surface area contributed by atoms with Crippen LogP contribution in [0.4, 0.5) is 4.39 Å². The van der Waals surface area contributed by atoms with Crippen molar-refractivity contribution in [2.75, 3.05) is 6.54 Å². The lowest BCUT2D eigenvalue weighted by molar-refractivity contribution is 0.0911. The minimum atomic E-state index is -0.911. The number of aromatic nitrogens is 2. The molecule has 0 saturated heterocycles. The number of carbonyl (C=O) groups excluding carboxylic acids is 1. The Hall–Kier alpha value is -2.99. The Balaban J connectivity index is 1.61. The van der Waals surface area contributed by atoms with Gasteiger partial charge in [-0.3, -0.25) is 9.89 Å². The van der Waals surface area contributed by atoms with Crippen LogP contribution < -0.4 is 5.32 Å². The summed E-state index contributed by atoms with van der Waals surface area (Å²) in [6.45, 7) is 0.0180. The summed E-state index contributed by atoms with van der Waals surface area (Å²) >= 11 is 0. The van der Waals surface area contributed by atoms with Gasteiger partial charge >= 0.3 is 0 Å². The predicted octanol–water partition coefficient (Wildman–Crippen LogP) is 2.68. The number of amides is 1. The highest BCUT2D eigenvalue weighted by Gasteiger charge is 2.13. The fourth-order valence-corrected chi connectivity index (χ4v) is 2.28. The number of aromatic amines is 1. The van der Waals surface area contributed by atoms with Crippen molar-refractivity contribution in [2.45, 2.75) is 6.10 Å². The van der Waals surface area contributed by atoms with Crippen LogP contribution in [0.3, 0.4) is 0 Å². The molecule has 0 aliphatic rings. The third kappa shape index (κ3) is 3.67. The van der Waals surface area contributed by atoms with E-state index in [1.165, 1.54) is 24.3 Å². The molecule has 0 spiro atoms. The number of nitrogens with one attached hydrogen (secondary N) is 2. The Morgan fingerprint density at radius 3 is 2.58 bits per heavy atom. The SMILES string of the molecule is O=C(NCC(O)c1ccc(F)cc1)c1cc(-c2ccccc2)n[nH]1. The Morgan fingerprint density at radius 2 is 1.88 bits per heavy atom. The largest absolute Gasteiger partial charge is 0.387 e. The van der Waals surface area contributed by atoms with Crippen LogP contribution in [0.25, 0.3) is 11.3 Å². The summed E-state index contributed by atoms with van der Waals surface area (Å²) in [4.78, 5) is 12.1. The van der Waals surface area contributed by atoms with Crippen molar-refractivity contribution in [3.63, 3.8) is 0 Å². The first-order chi connectivity index (χ1) is 11.6. The van der Waals surface area contributed by atoms with Gasteiger partial charge in [-0.15, -0.1) is 0 Å². The number of aliphatic hydroxyl groups excluding tert-OH is 1. The summed E-state index contributed by atoms with van der Waals surface area (Å²) < 4.78 is 12.9. The van der Waals surface area contributed by atoms with E-state index in [-0.39, 0.29) is 18.3 Å². The molecule has 1 heterocycles. The average molecular weight is 325 g/mol. The molecule has 0 bridgehead atoms. The normalized spacial score (nSPS) is 11.9. The van der Waals surface area contributed by atoms with E-state index in [0.29, 0.717) is 17.0 Å². The molecule has 1 amide bonds. The molecule has 3 aromatic rings. The molecule has 3 rings (SSSR count). The molecule has 0 aliphatic heterocycles. The molecule has 0 saturated carbocycles. The minimum Gasteiger partial charge on any atom is -0.387 e. The lowest BCUT2D eigenvalue weighted by Gasteiger charge is -2.11. The van der Waals surface area contributed by atoms with Gasteiger partial charge in [0.25, 0.3) is 5.91 Å². The van der Waals surface area contributed by atoms with Gasteiger partial charge in [-0.25, -0.2) is 4.39 Å². The molecule has 0 fully saturated rings. The quantitative estimate of drug-likeness (QED) is 0.675. The molecule has 1 aromatic heterocycles. The van der Waals surface area contributed by atoms with Crippen molar-refractivity contribution in [2.24, 2.45) is 0 Å². The lowest BCUT2D eigenvalue weighted by Crippen LogP contribution is -2.28. The molecular formula is C18H16FN3O2. The molecule has 6 heteroatoms. The summed E-state index contributed by atoms with van der Waals surface area (Å²) in [7, 11) is 0. The first-order valence-electron chi connectivity index (χ1n) is 7.46. The summed E-state index contributed by atoms with van der Waals surface area (Å²) in [5.74, 6) is -0.744. The van der Waals surface area contributed by atoms with Crippen molar-refractivity contribution < 1.29 is 14.3 Å². The second-order valence-electron chi connectivity index (χ2n) is 5.31. The second kappa shape index (κ2) is 7.06. The first-order valence-corrected chi connectivity index (χ1v) is 7.46. The van der Waals surface area contributed by atoms with Crippen LogP contribution in [0.2, 0.25) is 0 Å². The summed E-state index contributed by atoms with van der Waals surface area (Å²) in [6, 6.07) is 16.6. The Labute approximate surface area is 138 Å². The summed E-state index contributed by atoms with van der Waals surface area (Å²) in [5.41, 5.74) is 2.41. The van der Waals surface area contributed by atoms with Gasteiger partial charge in [0.1, 0.15) is 11.5 Å². The average Bonchev–Trinajstić information content (AvgIpc) is 3.11.